The largest absolute Gasteiger partial charge is 0.497 e. The second-order valence-corrected chi connectivity index (χ2v) is 14.0. The van der Waals surface area contributed by atoms with Gasteiger partial charge in [0.15, 0.2) is 5.60 Å². The lowest BCUT2D eigenvalue weighted by Gasteiger charge is -2.44. The number of hydrogen-bond acceptors (Lipinski definition) is 6. The molecule has 0 saturated carbocycles. The SMILES string of the molecule is COc1ccc(C2(c3ccc(N4CCOCC4)cc3)C=C(N3CCOCC3)c3c4c(c5ccccc5c3O2)-c2ccccc2C4(C)C)cc1. The van der Waals surface area contributed by atoms with Gasteiger partial charge in [-0.1, -0.05) is 86.6 Å². The lowest BCUT2D eigenvalue weighted by atomic mass is 9.75. The summed E-state index contributed by atoms with van der Waals surface area (Å²) in [6.07, 6.45) is 2.40. The summed E-state index contributed by atoms with van der Waals surface area (Å²) in [5.41, 5.74) is 9.95. The zero-order chi connectivity index (χ0) is 33.2. The molecule has 2 fully saturated rings. The normalized spacial score (nSPS) is 21.0. The van der Waals surface area contributed by atoms with Gasteiger partial charge in [0.1, 0.15) is 11.5 Å². The van der Waals surface area contributed by atoms with Crippen LogP contribution in [0.2, 0.25) is 0 Å². The molecule has 5 aromatic rings. The van der Waals surface area contributed by atoms with Gasteiger partial charge in [-0.2, -0.15) is 0 Å². The molecule has 6 nitrogen and oxygen atoms in total. The molecule has 9 rings (SSSR count). The van der Waals surface area contributed by atoms with Crippen LogP contribution in [-0.4, -0.2) is 64.6 Å². The minimum absolute atomic E-state index is 0.227. The van der Waals surface area contributed by atoms with Crippen LogP contribution in [0.15, 0.2) is 103 Å². The molecule has 0 bridgehead atoms. The van der Waals surface area contributed by atoms with Crippen LogP contribution in [0.25, 0.3) is 27.6 Å². The molecule has 0 amide bonds. The zero-order valence-corrected chi connectivity index (χ0v) is 28.5. The Hall–Kier alpha value is -4.78. The van der Waals surface area contributed by atoms with E-state index in [2.05, 4.69) is 115 Å². The molecule has 5 aromatic carbocycles. The molecular formula is C43H42N2O4. The molecule has 1 aliphatic carbocycles. The number of methoxy groups -OCH3 is 1. The summed E-state index contributed by atoms with van der Waals surface area (Å²) in [7, 11) is 1.71. The fraction of sp³-hybridized carbons (Fsp3) is 0.302. The van der Waals surface area contributed by atoms with Crippen LogP contribution < -0.4 is 14.4 Å². The molecule has 6 heteroatoms. The number of anilines is 1. The summed E-state index contributed by atoms with van der Waals surface area (Å²) >= 11 is 0. The monoisotopic (exact) mass is 650 g/mol. The van der Waals surface area contributed by atoms with Gasteiger partial charge in [0.05, 0.1) is 33.5 Å². The summed E-state index contributed by atoms with van der Waals surface area (Å²) in [6, 6.07) is 35.1. The predicted octanol–water partition coefficient (Wildman–Crippen LogP) is 8.00. The van der Waals surface area contributed by atoms with E-state index in [9.17, 15) is 0 Å². The molecule has 0 aromatic heterocycles. The van der Waals surface area contributed by atoms with Crippen molar-refractivity contribution < 1.29 is 18.9 Å². The number of nitrogens with zero attached hydrogens (tertiary/aromatic N) is 2. The first-order chi connectivity index (χ1) is 24.0. The summed E-state index contributed by atoms with van der Waals surface area (Å²) in [5.74, 6) is 1.75. The molecule has 3 heterocycles. The van der Waals surface area contributed by atoms with E-state index in [1.807, 2.05) is 12.1 Å². The Bertz CT molecular complexity index is 2070. The third-order valence-corrected chi connectivity index (χ3v) is 11.1. The third kappa shape index (κ3) is 4.68. The highest BCUT2D eigenvalue weighted by atomic mass is 16.5. The fourth-order valence-corrected chi connectivity index (χ4v) is 8.58. The van der Waals surface area contributed by atoms with Crippen LogP contribution >= 0.6 is 0 Å². The molecule has 1 atom stereocenters. The molecule has 2 saturated heterocycles. The maximum Gasteiger partial charge on any atom is 0.180 e. The average Bonchev–Trinajstić information content (AvgIpc) is 3.41. The number of ether oxygens (including phenoxy) is 4. The van der Waals surface area contributed by atoms with Crippen LogP contribution in [0.5, 0.6) is 11.5 Å². The van der Waals surface area contributed by atoms with E-state index in [1.54, 1.807) is 7.11 Å². The number of benzene rings is 5. The smallest absolute Gasteiger partial charge is 0.180 e. The molecule has 4 aliphatic rings. The van der Waals surface area contributed by atoms with E-state index < -0.39 is 5.60 Å². The Kier molecular flexibility index (Phi) is 7.22. The highest BCUT2D eigenvalue weighted by Crippen LogP contribution is 2.60. The quantitative estimate of drug-likeness (QED) is 0.192. The third-order valence-electron chi connectivity index (χ3n) is 11.1. The van der Waals surface area contributed by atoms with Crippen molar-refractivity contribution in [3.63, 3.8) is 0 Å². The summed E-state index contributed by atoms with van der Waals surface area (Å²) < 4.78 is 24.9. The van der Waals surface area contributed by atoms with E-state index in [1.165, 1.54) is 44.6 Å². The van der Waals surface area contributed by atoms with Gasteiger partial charge in [-0.25, -0.2) is 0 Å². The van der Waals surface area contributed by atoms with E-state index >= 15 is 0 Å². The van der Waals surface area contributed by atoms with Gasteiger partial charge < -0.3 is 28.7 Å². The molecule has 0 N–H and O–H groups in total. The Balaban J connectivity index is 1.34. The molecule has 248 valence electrons. The topological polar surface area (TPSA) is 43.4 Å². The Labute approximate surface area is 288 Å². The van der Waals surface area contributed by atoms with Gasteiger partial charge >= 0.3 is 0 Å². The average molecular weight is 651 g/mol. The van der Waals surface area contributed by atoms with E-state index in [-0.39, 0.29) is 5.41 Å². The van der Waals surface area contributed by atoms with Gasteiger partial charge in [-0.05, 0) is 58.0 Å². The van der Waals surface area contributed by atoms with Gasteiger partial charge in [0.25, 0.3) is 0 Å². The van der Waals surface area contributed by atoms with Crippen LogP contribution in [0.4, 0.5) is 5.69 Å². The lowest BCUT2D eigenvalue weighted by Crippen LogP contribution is -2.42. The Morgan fingerprint density at radius 2 is 1.22 bits per heavy atom. The molecule has 49 heavy (non-hydrogen) atoms. The highest BCUT2D eigenvalue weighted by molar-refractivity contribution is 6.09. The summed E-state index contributed by atoms with van der Waals surface area (Å²) in [6.45, 7) is 11.0. The zero-order valence-electron chi connectivity index (χ0n) is 28.5. The highest BCUT2D eigenvalue weighted by Gasteiger charge is 2.47. The van der Waals surface area contributed by atoms with Crippen molar-refractivity contribution >= 4 is 22.2 Å². The minimum Gasteiger partial charge on any atom is -0.497 e. The number of morpholine rings is 2. The summed E-state index contributed by atoms with van der Waals surface area (Å²) in [5, 5.41) is 2.36. The van der Waals surface area contributed by atoms with Gasteiger partial charge in [-0.15, -0.1) is 0 Å². The van der Waals surface area contributed by atoms with Gasteiger partial charge in [0.2, 0.25) is 0 Å². The maximum absolute atomic E-state index is 7.69. The van der Waals surface area contributed by atoms with Gasteiger partial charge in [0, 0.05) is 65.1 Å². The first-order valence-electron chi connectivity index (χ1n) is 17.5. The van der Waals surface area contributed by atoms with E-state index in [0.29, 0.717) is 13.2 Å². The van der Waals surface area contributed by atoms with Crippen LogP contribution in [-0.2, 0) is 20.5 Å². The first-order valence-corrected chi connectivity index (χ1v) is 17.5. The van der Waals surface area contributed by atoms with Crippen molar-refractivity contribution in [2.45, 2.75) is 24.9 Å². The number of fused-ring (bicyclic) bond motifs is 8. The predicted molar refractivity (Wildman–Crippen MR) is 196 cm³/mol. The second kappa shape index (κ2) is 11.7. The number of hydrogen-bond donors (Lipinski definition) is 0. The van der Waals surface area contributed by atoms with Crippen molar-refractivity contribution in [1.82, 2.24) is 4.90 Å². The van der Waals surface area contributed by atoms with Crippen LogP contribution in [0, 0.1) is 0 Å². The van der Waals surface area contributed by atoms with E-state index in [4.69, 9.17) is 18.9 Å². The molecule has 0 radical (unpaired) electrons. The molecule has 3 aliphatic heterocycles. The molecule has 1 unspecified atom stereocenters. The molecular weight excluding hydrogens is 608 g/mol. The Morgan fingerprint density at radius 3 is 1.90 bits per heavy atom. The van der Waals surface area contributed by atoms with Crippen LogP contribution in [0.3, 0.4) is 0 Å². The first kappa shape index (κ1) is 30.3. The lowest BCUT2D eigenvalue weighted by molar-refractivity contribution is 0.0617. The number of rotatable bonds is 5. The van der Waals surface area contributed by atoms with Gasteiger partial charge in [-0.3, -0.25) is 0 Å². The van der Waals surface area contributed by atoms with Crippen molar-refractivity contribution in [1.29, 1.82) is 0 Å². The van der Waals surface area contributed by atoms with Crippen molar-refractivity contribution in [2.24, 2.45) is 0 Å². The second-order valence-electron chi connectivity index (χ2n) is 14.0. The molecule has 0 spiro atoms. The van der Waals surface area contributed by atoms with E-state index in [0.717, 1.165) is 67.4 Å². The fourth-order valence-electron chi connectivity index (χ4n) is 8.58. The summed E-state index contributed by atoms with van der Waals surface area (Å²) in [4.78, 5) is 4.93. The minimum atomic E-state index is -0.900. The van der Waals surface area contributed by atoms with Crippen molar-refractivity contribution in [2.75, 3.05) is 64.6 Å². The standard InChI is InChI=1S/C43H42N2O4/c1-42(2)36-11-7-6-10-35(36)38-33-8-4-5-9-34(33)41-39(40(38)42)37(45-22-26-48-27-23-45)28-43(49-41,30-14-18-32(46-3)19-15-30)29-12-16-31(17-13-29)44-20-24-47-25-21-44/h4-19,28H,20-27H2,1-3H3. The van der Waals surface area contributed by atoms with Crippen molar-refractivity contribution in [3.8, 4) is 22.6 Å². The maximum atomic E-state index is 7.69. The van der Waals surface area contributed by atoms with Crippen LogP contribution in [0.1, 0.15) is 41.7 Å². The van der Waals surface area contributed by atoms with Crippen molar-refractivity contribution in [3.05, 3.63) is 131 Å². The Morgan fingerprint density at radius 1 is 0.633 bits per heavy atom.